The summed E-state index contributed by atoms with van der Waals surface area (Å²) in [5, 5.41) is 17.1. The molecule has 0 radical (unpaired) electrons. The summed E-state index contributed by atoms with van der Waals surface area (Å²) in [6, 6.07) is 5.48. The maximum atomic E-state index is 8.53. The van der Waals surface area contributed by atoms with E-state index >= 15 is 0 Å². The fraction of sp³-hybridized carbons (Fsp3) is 0.250. The summed E-state index contributed by atoms with van der Waals surface area (Å²) in [6.07, 6.45) is 0. The summed E-state index contributed by atoms with van der Waals surface area (Å²) in [5.74, 6) is 0.496. The van der Waals surface area contributed by atoms with Crippen molar-refractivity contribution in [3.05, 3.63) is 29.3 Å². The van der Waals surface area contributed by atoms with Crippen molar-refractivity contribution in [1.29, 1.82) is 0 Å². The zero-order valence-electron chi connectivity index (χ0n) is 7.11. The van der Waals surface area contributed by atoms with Crippen molar-refractivity contribution < 1.29 is 14.7 Å². The molecule has 0 aliphatic heterocycles. The predicted molar refractivity (Wildman–Crippen MR) is 53.9 cm³/mol. The summed E-state index contributed by atoms with van der Waals surface area (Å²) in [5.41, 5.74) is 2.01. The Morgan fingerprint density at radius 1 is 1.23 bits per heavy atom. The van der Waals surface area contributed by atoms with Gasteiger partial charge in [0.25, 0.3) is 0 Å². The Hall–Kier alpha value is 0.641. The Kier molecular flexibility index (Phi) is 6.49. The fourth-order valence-corrected chi connectivity index (χ4v) is 1.05. The summed E-state index contributed by atoms with van der Waals surface area (Å²) in [4.78, 5) is 0. The van der Waals surface area contributed by atoms with E-state index in [1.165, 1.54) is 0 Å². The first-order valence-electron chi connectivity index (χ1n) is 3.69. The molecule has 0 fully saturated rings. The third-order valence-corrected chi connectivity index (χ3v) is 1.56. The second-order valence-electron chi connectivity index (χ2n) is 2.71. The normalized spacial score (nSPS) is 8.92. The van der Waals surface area contributed by atoms with Crippen molar-refractivity contribution in [2.45, 2.75) is 13.8 Å². The van der Waals surface area contributed by atoms with E-state index in [0.29, 0.717) is 5.75 Å². The number of benzene rings is 1. The van der Waals surface area contributed by atoms with Crippen LogP contribution in [0.25, 0.3) is 0 Å². The van der Waals surface area contributed by atoms with Crippen LogP contribution >= 0.6 is 0 Å². The molecule has 5 heteroatoms. The molecule has 0 bridgehead atoms. The van der Waals surface area contributed by atoms with E-state index in [-0.39, 0.29) is 51.4 Å². The van der Waals surface area contributed by atoms with Gasteiger partial charge in [0.15, 0.2) is 0 Å². The van der Waals surface area contributed by atoms with E-state index in [2.05, 4.69) is 0 Å². The quantitative estimate of drug-likeness (QED) is 0.670. The molecule has 1 aromatic rings. The number of hydrogen-bond donors (Lipinski definition) is 2. The first kappa shape index (κ1) is 13.6. The van der Waals surface area contributed by atoms with Crippen LogP contribution in [-0.4, -0.2) is 68.8 Å². The van der Waals surface area contributed by atoms with Crippen LogP contribution in [0.5, 0.6) is 5.75 Å². The number of rotatable bonds is 2. The minimum absolute atomic E-state index is 0. The Labute approximate surface area is 121 Å². The van der Waals surface area contributed by atoms with E-state index < -0.39 is 7.32 Å². The van der Waals surface area contributed by atoms with Crippen LogP contribution in [0.15, 0.2) is 18.2 Å². The van der Waals surface area contributed by atoms with E-state index in [9.17, 15) is 0 Å². The first-order chi connectivity index (χ1) is 5.59. The predicted octanol–water partition coefficient (Wildman–Crippen LogP) is 0.00324. The van der Waals surface area contributed by atoms with Gasteiger partial charge >= 0.3 is 58.7 Å². The van der Waals surface area contributed by atoms with Crippen molar-refractivity contribution >= 4 is 58.7 Å². The van der Waals surface area contributed by atoms with Crippen molar-refractivity contribution in [2.75, 3.05) is 0 Å². The van der Waals surface area contributed by atoms with Gasteiger partial charge in [0.2, 0.25) is 0 Å². The van der Waals surface area contributed by atoms with Gasteiger partial charge in [-0.2, -0.15) is 0 Å². The van der Waals surface area contributed by atoms with Gasteiger partial charge in [-0.05, 0) is 25.5 Å². The molecule has 0 aliphatic carbocycles. The summed E-state index contributed by atoms with van der Waals surface area (Å²) in [7, 11) is -1.74. The number of aryl methyl sites for hydroxylation is 2. The number of hydrogen-bond acceptors (Lipinski definition) is 3. The molecule has 1 rings (SSSR count). The van der Waals surface area contributed by atoms with E-state index in [0.717, 1.165) is 11.1 Å². The summed E-state index contributed by atoms with van der Waals surface area (Å²) in [6.45, 7) is 3.82. The SMILES string of the molecule is Cc1ccc(OB(O)O)c(C)c1.[KH]. The van der Waals surface area contributed by atoms with Crippen LogP contribution in [0.3, 0.4) is 0 Å². The molecule has 13 heavy (non-hydrogen) atoms. The van der Waals surface area contributed by atoms with Crippen molar-refractivity contribution in [2.24, 2.45) is 0 Å². The molecular formula is C8H12BKO3. The van der Waals surface area contributed by atoms with Crippen molar-refractivity contribution in [3.63, 3.8) is 0 Å². The molecule has 0 saturated carbocycles. The van der Waals surface area contributed by atoms with Crippen LogP contribution in [0, 0.1) is 13.8 Å². The average Bonchev–Trinajstić information content (AvgIpc) is 1.94. The molecule has 3 nitrogen and oxygen atoms in total. The van der Waals surface area contributed by atoms with Gasteiger partial charge in [-0.1, -0.05) is 17.7 Å². The van der Waals surface area contributed by atoms with Gasteiger partial charge in [0, 0.05) is 0 Å². The van der Waals surface area contributed by atoms with E-state index in [4.69, 9.17) is 14.7 Å². The Morgan fingerprint density at radius 2 is 1.85 bits per heavy atom. The molecule has 0 spiro atoms. The van der Waals surface area contributed by atoms with Crippen LogP contribution in [-0.2, 0) is 0 Å². The molecule has 0 saturated heterocycles. The Balaban J connectivity index is 0.00000144. The Bertz CT molecular complexity index is 278. The summed E-state index contributed by atoms with van der Waals surface area (Å²) >= 11 is 0. The van der Waals surface area contributed by atoms with Gasteiger partial charge < -0.3 is 14.7 Å². The van der Waals surface area contributed by atoms with Gasteiger partial charge in [-0.15, -0.1) is 0 Å². The monoisotopic (exact) mass is 206 g/mol. The van der Waals surface area contributed by atoms with Crippen LogP contribution in [0.1, 0.15) is 11.1 Å². The van der Waals surface area contributed by atoms with Crippen LogP contribution in [0.2, 0.25) is 0 Å². The fourth-order valence-electron chi connectivity index (χ4n) is 1.05. The third kappa shape index (κ3) is 4.60. The Morgan fingerprint density at radius 3 is 2.31 bits per heavy atom. The average molecular weight is 206 g/mol. The maximum absolute atomic E-state index is 8.53. The third-order valence-electron chi connectivity index (χ3n) is 1.56. The molecule has 0 aromatic heterocycles. The molecule has 2 N–H and O–H groups in total. The minimum atomic E-state index is -1.74. The second kappa shape index (κ2) is 6.19. The molecular weight excluding hydrogens is 194 g/mol. The zero-order chi connectivity index (χ0) is 9.14. The van der Waals surface area contributed by atoms with Gasteiger partial charge in [0.1, 0.15) is 5.75 Å². The van der Waals surface area contributed by atoms with Crippen LogP contribution < -0.4 is 4.65 Å². The van der Waals surface area contributed by atoms with E-state index in [1.807, 2.05) is 26.0 Å². The summed E-state index contributed by atoms with van der Waals surface area (Å²) < 4.78 is 4.71. The standard InChI is InChI=1S/C8H11BO3.K.H/c1-6-3-4-8(7(2)5-6)12-9(10)11;;/h3-5,10-11H,1-2H3;;. The molecule has 0 amide bonds. The van der Waals surface area contributed by atoms with Gasteiger partial charge in [-0.25, -0.2) is 0 Å². The molecule has 1 aromatic carbocycles. The molecule has 0 heterocycles. The molecule has 66 valence electrons. The second-order valence-corrected chi connectivity index (χ2v) is 2.71. The molecule has 0 aliphatic rings. The molecule has 0 atom stereocenters. The van der Waals surface area contributed by atoms with Crippen molar-refractivity contribution in [1.82, 2.24) is 0 Å². The zero-order valence-corrected chi connectivity index (χ0v) is 7.11. The first-order valence-corrected chi connectivity index (χ1v) is 3.69. The topological polar surface area (TPSA) is 49.7 Å². The molecule has 0 unspecified atom stereocenters. The van der Waals surface area contributed by atoms with Crippen molar-refractivity contribution in [3.8, 4) is 5.75 Å². The van der Waals surface area contributed by atoms with Gasteiger partial charge in [0.05, 0.1) is 0 Å². The van der Waals surface area contributed by atoms with Crippen LogP contribution in [0.4, 0.5) is 0 Å². The van der Waals surface area contributed by atoms with Gasteiger partial charge in [-0.3, -0.25) is 0 Å². The van der Waals surface area contributed by atoms with E-state index in [1.54, 1.807) is 6.07 Å².